The van der Waals surface area contributed by atoms with Crippen molar-refractivity contribution in [2.75, 3.05) is 0 Å². The molecule has 0 N–H and O–H groups in total. The highest BCUT2D eigenvalue weighted by Gasteiger charge is 2.32. The van der Waals surface area contributed by atoms with Gasteiger partial charge in [-0.1, -0.05) is 170 Å². The van der Waals surface area contributed by atoms with Crippen molar-refractivity contribution in [1.82, 2.24) is 4.57 Å². The van der Waals surface area contributed by atoms with Gasteiger partial charge < -0.3 is 4.57 Å². The summed E-state index contributed by atoms with van der Waals surface area (Å²) < 4.78 is 2.48. The summed E-state index contributed by atoms with van der Waals surface area (Å²) in [5, 5.41) is 2.54. The van der Waals surface area contributed by atoms with E-state index in [-0.39, 0.29) is 11.8 Å². The second-order valence-electron chi connectivity index (χ2n) is 15.6. The van der Waals surface area contributed by atoms with Gasteiger partial charge in [-0.15, -0.1) is 0 Å². The average Bonchev–Trinajstić information content (AvgIpc) is 3.91. The quantitative estimate of drug-likeness (QED) is 0.167. The number of fused-ring (bicyclic) bond motifs is 9. The van der Waals surface area contributed by atoms with E-state index in [1.807, 2.05) is 0 Å². The van der Waals surface area contributed by atoms with Gasteiger partial charge in [0, 0.05) is 28.3 Å². The molecule has 0 saturated carbocycles. The monoisotopic (exact) mass is 723 g/mol. The third-order valence-corrected chi connectivity index (χ3v) is 12.6. The Morgan fingerprint density at radius 2 is 0.754 bits per heavy atom. The molecule has 0 saturated heterocycles. The fourth-order valence-corrected chi connectivity index (χ4v) is 10.00. The first-order valence-corrected chi connectivity index (χ1v) is 20.0. The van der Waals surface area contributed by atoms with Crippen molar-refractivity contribution in [3.05, 3.63) is 246 Å². The van der Waals surface area contributed by atoms with Gasteiger partial charge in [-0.2, -0.15) is 0 Å². The van der Waals surface area contributed by atoms with E-state index >= 15 is 0 Å². The SMILES string of the molecule is c1ccc(-c2ccc(-n3c4ccc(-c5ccc6c(c5)-c5ccccc5C6c5ccccc5)cc4c4cc5c(cc43)C(c3ccccc3)c3ccccc3-5)cc2)cc1. The van der Waals surface area contributed by atoms with Crippen LogP contribution in [-0.2, 0) is 0 Å². The van der Waals surface area contributed by atoms with Crippen molar-refractivity contribution in [2.24, 2.45) is 0 Å². The Bertz CT molecular complexity index is 3150. The van der Waals surface area contributed by atoms with Crippen LogP contribution in [0.2, 0.25) is 0 Å². The minimum absolute atomic E-state index is 0.179. The lowest BCUT2D eigenvalue weighted by atomic mass is 9.88. The molecule has 2 aliphatic carbocycles. The fraction of sp³-hybridized carbons (Fsp3) is 0.0357. The number of hydrogen-bond acceptors (Lipinski definition) is 0. The van der Waals surface area contributed by atoms with Gasteiger partial charge in [0.05, 0.1) is 11.0 Å². The van der Waals surface area contributed by atoms with Crippen LogP contribution in [-0.4, -0.2) is 4.57 Å². The summed E-state index contributed by atoms with van der Waals surface area (Å²) in [6, 6.07) is 78.9. The molecule has 2 unspecified atom stereocenters. The van der Waals surface area contributed by atoms with Crippen LogP contribution >= 0.6 is 0 Å². The molecule has 0 radical (unpaired) electrons. The van der Waals surface area contributed by atoms with E-state index in [9.17, 15) is 0 Å². The number of hydrogen-bond donors (Lipinski definition) is 0. The Kier molecular flexibility index (Phi) is 7.12. The molecule has 266 valence electrons. The van der Waals surface area contributed by atoms with Crippen LogP contribution in [0.4, 0.5) is 0 Å². The second-order valence-corrected chi connectivity index (χ2v) is 15.6. The minimum atomic E-state index is 0.179. The lowest BCUT2D eigenvalue weighted by Crippen LogP contribution is -2.00. The molecule has 0 bridgehead atoms. The summed E-state index contributed by atoms with van der Waals surface area (Å²) in [5.74, 6) is 0.420. The van der Waals surface area contributed by atoms with Crippen LogP contribution in [0.25, 0.3) is 72.0 Å². The van der Waals surface area contributed by atoms with E-state index < -0.39 is 0 Å². The second kappa shape index (κ2) is 12.7. The molecular formula is C56H37N. The molecule has 2 atom stereocenters. The summed E-state index contributed by atoms with van der Waals surface area (Å²) >= 11 is 0. The van der Waals surface area contributed by atoms with Crippen molar-refractivity contribution in [3.8, 4) is 50.2 Å². The third kappa shape index (κ3) is 4.95. The van der Waals surface area contributed by atoms with Crippen LogP contribution in [0, 0.1) is 0 Å². The highest BCUT2D eigenvalue weighted by atomic mass is 15.0. The van der Waals surface area contributed by atoms with Gasteiger partial charge in [0.15, 0.2) is 0 Å². The first kappa shape index (κ1) is 32.1. The molecule has 0 spiro atoms. The van der Waals surface area contributed by atoms with Crippen LogP contribution < -0.4 is 0 Å². The maximum absolute atomic E-state index is 2.49. The standard InChI is InChI=1S/C56H37N/c1-4-14-36(15-5-1)37-24-28-42(29-25-37)57-53-31-27-41(40-26-30-47-48(32-40)43-20-10-12-22-45(43)55(47)38-16-6-2-7-17-38)33-50(53)51-34-49-44-21-11-13-23-46(44)56(52(49)35-54(51)57)39-18-8-3-9-19-39/h1-35,55-56H. The molecule has 2 aliphatic rings. The fourth-order valence-electron chi connectivity index (χ4n) is 10.00. The Labute approximate surface area is 332 Å². The first-order chi connectivity index (χ1) is 28.3. The Balaban J connectivity index is 1.07. The summed E-state index contributed by atoms with van der Waals surface area (Å²) in [4.78, 5) is 0. The van der Waals surface area contributed by atoms with Gasteiger partial charge >= 0.3 is 0 Å². The maximum Gasteiger partial charge on any atom is 0.0544 e. The minimum Gasteiger partial charge on any atom is -0.309 e. The summed E-state index contributed by atoms with van der Waals surface area (Å²) in [5.41, 5.74) is 22.0. The molecule has 0 fully saturated rings. The zero-order valence-corrected chi connectivity index (χ0v) is 31.3. The van der Waals surface area contributed by atoms with Crippen molar-refractivity contribution in [2.45, 2.75) is 11.8 Å². The molecule has 0 amide bonds. The zero-order valence-electron chi connectivity index (χ0n) is 31.3. The molecule has 10 aromatic rings. The third-order valence-electron chi connectivity index (χ3n) is 12.6. The summed E-state index contributed by atoms with van der Waals surface area (Å²) in [7, 11) is 0. The highest BCUT2D eigenvalue weighted by Crippen LogP contribution is 2.52. The van der Waals surface area contributed by atoms with Gasteiger partial charge in [0.25, 0.3) is 0 Å². The van der Waals surface area contributed by atoms with Crippen LogP contribution in [0.1, 0.15) is 45.2 Å². The smallest absolute Gasteiger partial charge is 0.0544 e. The van der Waals surface area contributed by atoms with Crippen molar-refractivity contribution in [3.63, 3.8) is 0 Å². The maximum atomic E-state index is 2.49. The highest BCUT2D eigenvalue weighted by molar-refractivity contribution is 6.13. The molecule has 1 heterocycles. The molecular weight excluding hydrogens is 687 g/mol. The van der Waals surface area contributed by atoms with Crippen LogP contribution in [0.5, 0.6) is 0 Å². The van der Waals surface area contributed by atoms with Gasteiger partial charge in [0.2, 0.25) is 0 Å². The average molecular weight is 724 g/mol. The molecule has 12 rings (SSSR count). The van der Waals surface area contributed by atoms with Crippen molar-refractivity contribution >= 4 is 21.8 Å². The Hall–Kier alpha value is -7.22. The Morgan fingerprint density at radius 1 is 0.281 bits per heavy atom. The lowest BCUT2D eigenvalue weighted by molar-refractivity contribution is 1.01. The summed E-state index contributed by atoms with van der Waals surface area (Å²) in [6.45, 7) is 0. The molecule has 1 aromatic heterocycles. The molecule has 9 aromatic carbocycles. The molecule has 1 nitrogen and oxygen atoms in total. The van der Waals surface area contributed by atoms with E-state index in [2.05, 4.69) is 217 Å². The van der Waals surface area contributed by atoms with Gasteiger partial charge in [0.1, 0.15) is 0 Å². The van der Waals surface area contributed by atoms with E-state index in [0.29, 0.717) is 0 Å². The number of benzene rings is 9. The topological polar surface area (TPSA) is 4.93 Å². The molecule has 1 heteroatoms. The molecule has 57 heavy (non-hydrogen) atoms. The van der Waals surface area contributed by atoms with E-state index in [1.54, 1.807) is 0 Å². The first-order valence-electron chi connectivity index (χ1n) is 20.0. The normalized spacial score (nSPS) is 15.0. The van der Waals surface area contributed by atoms with Gasteiger partial charge in [-0.25, -0.2) is 0 Å². The van der Waals surface area contributed by atoms with E-state index in [1.165, 1.54) is 99.7 Å². The van der Waals surface area contributed by atoms with Crippen molar-refractivity contribution in [1.29, 1.82) is 0 Å². The van der Waals surface area contributed by atoms with Crippen LogP contribution in [0.3, 0.4) is 0 Å². The van der Waals surface area contributed by atoms with E-state index in [0.717, 1.165) is 5.69 Å². The predicted octanol–water partition coefficient (Wildman–Crippen LogP) is 14.4. The number of rotatable bonds is 5. The predicted molar refractivity (Wildman–Crippen MR) is 237 cm³/mol. The Morgan fingerprint density at radius 3 is 1.42 bits per heavy atom. The summed E-state index contributed by atoms with van der Waals surface area (Å²) in [6.07, 6.45) is 0. The number of aromatic nitrogens is 1. The number of nitrogens with zero attached hydrogens (tertiary/aromatic N) is 1. The van der Waals surface area contributed by atoms with Crippen LogP contribution in [0.15, 0.2) is 212 Å². The van der Waals surface area contributed by atoms with Crippen molar-refractivity contribution < 1.29 is 0 Å². The molecule has 0 aliphatic heterocycles. The lowest BCUT2D eigenvalue weighted by Gasteiger charge is -2.15. The zero-order chi connectivity index (χ0) is 37.5. The largest absolute Gasteiger partial charge is 0.309 e. The van der Waals surface area contributed by atoms with Gasteiger partial charge in [-0.3, -0.25) is 0 Å². The van der Waals surface area contributed by atoms with Gasteiger partial charge in [-0.05, 0) is 120 Å². The van der Waals surface area contributed by atoms with E-state index in [4.69, 9.17) is 0 Å².